The van der Waals surface area contributed by atoms with E-state index in [0.717, 1.165) is 5.56 Å². The highest BCUT2D eigenvalue weighted by atomic mass is 16.7. The van der Waals surface area contributed by atoms with Crippen molar-refractivity contribution in [1.29, 1.82) is 0 Å². The van der Waals surface area contributed by atoms with Gasteiger partial charge in [0.15, 0.2) is 0 Å². The third kappa shape index (κ3) is 2.80. The van der Waals surface area contributed by atoms with Gasteiger partial charge in [0.05, 0.1) is 17.6 Å². The maximum atomic E-state index is 12.7. The number of carbonyl (C=O) groups excluding carboxylic acids is 1. The zero-order chi connectivity index (χ0) is 18.2. The molecule has 3 rings (SSSR count). The first-order chi connectivity index (χ1) is 11.9. The molecule has 0 spiro atoms. The number of carbonyl (C=O) groups is 1. The molecule has 0 unspecified atom stereocenters. The summed E-state index contributed by atoms with van der Waals surface area (Å²) in [4.78, 5) is 25.4. The van der Waals surface area contributed by atoms with Crippen molar-refractivity contribution in [2.75, 3.05) is 13.2 Å². The van der Waals surface area contributed by atoms with E-state index in [4.69, 9.17) is 18.6 Å². The van der Waals surface area contributed by atoms with Gasteiger partial charge < -0.3 is 18.6 Å². The van der Waals surface area contributed by atoms with E-state index in [0.29, 0.717) is 23.3 Å². The highest BCUT2D eigenvalue weighted by molar-refractivity contribution is 5.92. The third-order valence-corrected chi connectivity index (χ3v) is 4.55. The fourth-order valence-electron chi connectivity index (χ4n) is 3.34. The SMILES string of the molecule is CCOC(=O)[C@]1(C)C[C@H](OCC)Oc2c1c(=O)oc1cccc(C)c21. The van der Waals surface area contributed by atoms with Crippen LogP contribution in [0.15, 0.2) is 27.4 Å². The van der Waals surface area contributed by atoms with Gasteiger partial charge in [-0.25, -0.2) is 4.79 Å². The van der Waals surface area contributed by atoms with Gasteiger partial charge in [-0.3, -0.25) is 4.79 Å². The molecule has 6 heteroatoms. The van der Waals surface area contributed by atoms with Crippen molar-refractivity contribution in [3.63, 3.8) is 0 Å². The van der Waals surface area contributed by atoms with Crippen molar-refractivity contribution >= 4 is 16.9 Å². The van der Waals surface area contributed by atoms with Crippen molar-refractivity contribution in [2.24, 2.45) is 0 Å². The van der Waals surface area contributed by atoms with Crippen LogP contribution < -0.4 is 10.4 Å². The highest BCUT2D eigenvalue weighted by Crippen LogP contribution is 2.44. The molecule has 0 fully saturated rings. The Labute approximate surface area is 145 Å². The molecule has 1 aliphatic rings. The molecule has 2 aromatic rings. The van der Waals surface area contributed by atoms with Crippen LogP contribution in [-0.2, 0) is 19.7 Å². The summed E-state index contributed by atoms with van der Waals surface area (Å²) in [6, 6.07) is 5.41. The van der Waals surface area contributed by atoms with Crippen LogP contribution in [0.2, 0.25) is 0 Å². The third-order valence-electron chi connectivity index (χ3n) is 4.55. The van der Waals surface area contributed by atoms with Crippen molar-refractivity contribution in [2.45, 2.75) is 45.8 Å². The van der Waals surface area contributed by atoms with Gasteiger partial charge in [-0.05, 0) is 39.3 Å². The summed E-state index contributed by atoms with van der Waals surface area (Å²) < 4.78 is 22.3. The molecule has 1 aliphatic heterocycles. The molecule has 2 atom stereocenters. The first-order valence-corrected chi connectivity index (χ1v) is 8.44. The Morgan fingerprint density at radius 3 is 2.76 bits per heavy atom. The molecular weight excluding hydrogens is 324 g/mol. The van der Waals surface area contributed by atoms with Crippen LogP contribution in [-0.4, -0.2) is 25.5 Å². The number of ether oxygens (including phenoxy) is 3. The van der Waals surface area contributed by atoms with Gasteiger partial charge in [-0.15, -0.1) is 0 Å². The van der Waals surface area contributed by atoms with Crippen LogP contribution in [0.3, 0.4) is 0 Å². The van der Waals surface area contributed by atoms with Gasteiger partial charge in [0.2, 0.25) is 6.29 Å². The molecule has 25 heavy (non-hydrogen) atoms. The predicted octanol–water partition coefficient (Wildman–Crippen LogP) is 3.07. The molecule has 1 aromatic heterocycles. The van der Waals surface area contributed by atoms with Gasteiger partial charge >= 0.3 is 11.6 Å². The van der Waals surface area contributed by atoms with Crippen LogP contribution in [0, 0.1) is 6.92 Å². The standard InChI is InChI=1S/C19H22O6/c1-5-22-13-10-19(4,18(21)23-6-2)15-16(25-13)14-11(3)8-7-9-12(14)24-17(15)20/h7-9,13H,5-6,10H2,1-4H3/t13-,19-/m1/s1. The Balaban J connectivity index is 2.32. The average Bonchev–Trinajstić information content (AvgIpc) is 2.54. The average molecular weight is 346 g/mol. The summed E-state index contributed by atoms with van der Waals surface area (Å²) >= 11 is 0. The minimum Gasteiger partial charge on any atom is -0.465 e. The van der Waals surface area contributed by atoms with Crippen LogP contribution >= 0.6 is 0 Å². The number of hydrogen-bond acceptors (Lipinski definition) is 6. The lowest BCUT2D eigenvalue weighted by Crippen LogP contribution is -2.47. The number of aryl methyl sites for hydroxylation is 1. The molecule has 0 saturated heterocycles. The van der Waals surface area contributed by atoms with E-state index in [9.17, 15) is 9.59 Å². The number of fused-ring (bicyclic) bond motifs is 3. The molecule has 0 radical (unpaired) electrons. The van der Waals surface area contributed by atoms with Gasteiger partial charge in [0.1, 0.15) is 16.7 Å². The molecule has 0 aliphatic carbocycles. The summed E-state index contributed by atoms with van der Waals surface area (Å²) in [5.74, 6) is -0.130. The maximum Gasteiger partial charge on any atom is 0.344 e. The molecule has 2 heterocycles. The van der Waals surface area contributed by atoms with Gasteiger partial charge in [-0.2, -0.15) is 0 Å². The predicted molar refractivity (Wildman–Crippen MR) is 91.9 cm³/mol. The topological polar surface area (TPSA) is 75.0 Å². The molecule has 0 bridgehead atoms. The molecular formula is C19H22O6. The van der Waals surface area contributed by atoms with Crippen LogP contribution in [0.4, 0.5) is 0 Å². The quantitative estimate of drug-likeness (QED) is 0.626. The molecule has 0 N–H and O–H groups in total. The monoisotopic (exact) mass is 346 g/mol. The smallest absolute Gasteiger partial charge is 0.344 e. The van der Waals surface area contributed by atoms with Crippen LogP contribution in [0.25, 0.3) is 11.0 Å². The number of benzene rings is 1. The molecule has 6 nitrogen and oxygen atoms in total. The van der Waals surface area contributed by atoms with E-state index < -0.39 is 23.3 Å². The minimum absolute atomic E-state index is 0.189. The molecule has 0 saturated carbocycles. The zero-order valence-electron chi connectivity index (χ0n) is 14.9. The summed E-state index contributed by atoms with van der Waals surface area (Å²) in [5, 5.41) is 0.678. The van der Waals surface area contributed by atoms with E-state index in [1.165, 1.54) is 0 Å². The number of esters is 1. The number of rotatable bonds is 4. The summed E-state index contributed by atoms with van der Waals surface area (Å²) in [7, 11) is 0. The Morgan fingerprint density at radius 1 is 1.32 bits per heavy atom. The summed E-state index contributed by atoms with van der Waals surface area (Å²) in [5.41, 5.74) is -0.268. The first-order valence-electron chi connectivity index (χ1n) is 8.44. The van der Waals surface area contributed by atoms with E-state index in [2.05, 4.69) is 0 Å². The zero-order valence-corrected chi connectivity index (χ0v) is 14.9. The molecule has 1 aromatic carbocycles. The second-order valence-electron chi connectivity index (χ2n) is 6.30. The van der Waals surface area contributed by atoms with Gasteiger partial charge in [-0.1, -0.05) is 12.1 Å². The molecule has 134 valence electrons. The van der Waals surface area contributed by atoms with E-state index in [-0.39, 0.29) is 18.6 Å². The fourth-order valence-corrected chi connectivity index (χ4v) is 3.34. The Kier molecular flexibility index (Phi) is 4.56. The van der Waals surface area contributed by atoms with Crippen molar-refractivity contribution in [3.8, 4) is 5.75 Å². The van der Waals surface area contributed by atoms with E-state index >= 15 is 0 Å². The largest absolute Gasteiger partial charge is 0.465 e. The second kappa shape index (κ2) is 6.52. The molecule has 0 amide bonds. The minimum atomic E-state index is -1.19. The van der Waals surface area contributed by atoms with Gasteiger partial charge in [0.25, 0.3) is 0 Å². The first kappa shape index (κ1) is 17.5. The van der Waals surface area contributed by atoms with Crippen molar-refractivity contribution in [3.05, 3.63) is 39.7 Å². The lowest BCUT2D eigenvalue weighted by molar-refractivity contribution is -0.159. The Hall–Kier alpha value is -2.34. The number of hydrogen-bond donors (Lipinski definition) is 0. The Bertz CT molecular complexity index is 868. The van der Waals surface area contributed by atoms with Gasteiger partial charge in [0, 0.05) is 13.0 Å². The normalized spacial score (nSPS) is 22.3. The Morgan fingerprint density at radius 2 is 2.08 bits per heavy atom. The van der Waals surface area contributed by atoms with Crippen molar-refractivity contribution in [1.82, 2.24) is 0 Å². The highest BCUT2D eigenvalue weighted by Gasteiger charge is 2.49. The van der Waals surface area contributed by atoms with Crippen LogP contribution in [0.5, 0.6) is 5.75 Å². The fraction of sp³-hybridized carbons (Fsp3) is 0.474. The van der Waals surface area contributed by atoms with E-state index in [1.54, 1.807) is 26.0 Å². The second-order valence-corrected chi connectivity index (χ2v) is 6.30. The summed E-state index contributed by atoms with van der Waals surface area (Å²) in [6.07, 6.45) is -0.453. The lowest BCUT2D eigenvalue weighted by atomic mass is 9.77. The van der Waals surface area contributed by atoms with Crippen molar-refractivity contribution < 1.29 is 23.4 Å². The van der Waals surface area contributed by atoms with E-state index in [1.807, 2.05) is 19.9 Å². The van der Waals surface area contributed by atoms with Crippen LogP contribution in [0.1, 0.15) is 38.3 Å². The maximum absolute atomic E-state index is 12.7. The lowest BCUT2D eigenvalue weighted by Gasteiger charge is -2.37. The summed E-state index contributed by atoms with van der Waals surface area (Å²) in [6.45, 7) is 7.81.